The zero-order chi connectivity index (χ0) is 29.9. The molecule has 0 saturated carbocycles. The second kappa shape index (κ2) is 12.8. The van der Waals surface area contributed by atoms with Gasteiger partial charge in [0.15, 0.2) is 0 Å². The van der Waals surface area contributed by atoms with E-state index in [1.807, 2.05) is 12.1 Å². The van der Waals surface area contributed by atoms with E-state index >= 15 is 0 Å². The number of hydrogen-bond donors (Lipinski definition) is 1. The van der Waals surface area contributed by atoms with Gasteiger partial charge in [0, 0.05) is 36.6 Å². The molecule has 0 unspecified atom stereocenters. The lowest BCUT2D eigenvalue weighted by Crippen LogP contribution is -2.09. The lowest BCUT2D eigenvalue weighted by Gasteiger charge is -2.26. The normalized spacial score (nSPS) is 11.3. The summed E-state index contributed by atoms with van der Waals surface area (Å²) in [5, 5.41) is 18.3. The number of aliphatic carboxylic acids is 1. The van der Waals surface area contributed by atoms with Crippen molar-refractivity contribution in [2.24, 2.45) is 0 Å². The van der Waals surface area contributed by atoms with Gasteiger partial charge >= 0.3 is 5.97 Å². The zero-order valence-corrected chi connectivity index (χ0v) is 27.8. The first-order valence-corrected chi connectivity index (χ1v) is 17.0. The average Bonchev–Trinajstić information content (AvgIpc) is 3.79. The quantitative estimate of drug-likeness (QED) is 0.124. The Labute approximate surface area is 277 Å². The molecule has 210 valence electrons. The Morgan fingerprint density at radius 3 is 1.37 bits per heavy atom. The summed E-state index contributed by atoms with van der Waals surface area (Å²) in [6.07, 6.45) is 1.41. The minimum absolute atomic E-state index is 0.283. The monoisotopic (exact) mass is 742 g/mol. The highest BCUT2D eigenvalue weighted by Gasteiger charge is 2.15. The Bertz CT molecular complexity index is 1900. The van der Waals surface area contributed by atoms with Crippen molar-refractivity contribution >= 4 is 95.0 Å². The van der Waals surface area contributed by atoms with Gasteiger partial charge in [0.25, 0.3) is 0 Å². The number of nitrogens with zero attached hydrogens (tertiary/aromatic N) is 2. The van der Waals surface area contributed by atoms with Gasteiger partial charge in [0.05, 0.1) is 7.57 Å². The highest BCUT2D eigenvalue weighted by molar-refractivity contribution is 9.11. The molecule has 0 atom stereocenters. The van der Waals surface area contributed by atoms with Gasteiger partial charge < -0.3 is 10.0 Å². The highest BCUT2D eigenvalue weighted by Crippen LogP contribution is 2.40. The van der Waals surface area contributed by atoms with Crippen LogP contribution < -0.4 is 4.90 Å². The number of thiophene rings is 3. The van der Waals surface area contributed by atoms with Crippen molar-refractivity contribution < 1.29 is 9.90 Å². The molecule has 43 heavy (non-hydrogen) atoms. The zero-order valence-electron chi connectivity index (χ0n) is 22.2. The second-order valence-corrected chi connectivity index (χ2v) is 15.4. The molecule has 0 aliphatic heterocycles. The molecule has 3 heterocycles. The first-order chi connectivity index (χ1) is 20.9. The van der Waals surface area contributed by atoms with Crippen molar-refractivity contribution in [3.63, 3.8) is 0 Å². The van der Waals surface area contributed by atoms with Gasteiger partial charge in [0.1, 0.15) is 11.6 Å². The number of halogens is 2. The number of rotatable bonds is 8. The van der Waals surface area contributed by atoms with Crippen molar-refractivity contribution in [1.82, 2.24) is 0 Å². The summed E-state index contributed by atoms with van der Waals surface area (Å²) in [5.41, 5.74) is 6.15. The third kappa shape index (κ3) is 6.59. The van der Waals surface area contributed by atoms with Crippen LogP contribution in [-0.2, 0) is 4.79 Å². The van der Waals surface area contributed by atoms with E-state index in [-0.39, 0.29) is 5.57 Å². The van der Waals surface area contributed by atoms with E-state index in [1.54, 1.807) is 28.7 Å². The smallest absolute Gasteiger partial charge is 0.346 e. The van der Waals surface area contributed by atoms with Gasteiger partial charge in [-0.15, -0.1) is 34.0 Å². The number of carbonyl (C=O) groups is 1. The topological polar surface area (TPSA) is 64.3 Å². The van der Waals surface area contributed by atoms with Gasteiger partial charge in [-0.05, 0) is 127 Å². The van der Waals surface area contributed by atoms with Crippen molar-refractivity contribution in [3.05, 3.63) is 127 Å². The van der Waals surface area contributed by atoms with Crippen molar-refractivity contribution in [2.45, 2.75) is 0 Å². The summed E-state index contributed by atoms with van der Waals surface area (Å²) < 4.78 is 2.21. The van der Waals surface area contributed by atoms with Crippen molar-refractivity contribution in [2.75, 3.05) is 4.90 Å². The summed E-state index contributed by atoms with van der Waals surface area (Å²) in [7, 11) is 0. The number of nitriles is 1. The van der Waals surface area contributed by atoms with E-state index in [1.165, 1.54) is 38.3 Å². The minimum atomic E-state index is -1.23. The molecule has 0 radical (unpaired) electrons. The maximum atomic E-state index is 11.2. The lowest BCUT2D eigenvalue weighted by molar-refractivity contribution is -0.132. The van der Waals surface area contributed by atoms with Crippen LogP contribution in [0.5, 0.6) is 0 Å². The van der Waals surface area contributed by atoms with Gasteiger partial charge in [-0.3, -0.25) is 0 Å². The Morgan fingerprint density at radius 1 is 0.628 bits per heavy atom. The summed E-state index contributed by atoms with van der Waals surface area (Å²) in [6, 6.07) is 39.4. The molecular formula is C34H20Br2N2O2S3. The molecule has 0 fully saturated rings. The molecule has 0 amide bonds. The molecule has 3 aromatic heterocycles. The average molecular weight is 745 g/mol. The van der Waals surface area contributed by atoms with Crippen LogP contribution in [0.25, 0.3) is 37.4 Å². The number of carboxylic acids is 1. The molecular weight excluding hydrogens is 724 g/mol. The maximum absolute atomic E-state index is 11.2. The SMILES string of the molecule is N#C/C(=C\c1ccc(-c2ccc(N(c3ccc(-c4ccc(Br)s4)cc3)c3ccc(-c4ccc(Br)s4)cc3)cc2)s1)C(=O)O. The lowest BCUT2D eigenvalue weighted by atomic mass is 10.1. The molecule has 0 bridgehead atoms. The molecule has 9 heteroatoms. The third-order valence-electron chi connectivity index (χ3n) is 6.64. The van der Waals surface area contributed by atoms with Crippen molar-refractivity contribution in [3.8, 4) is 37.4 Å². The molecule has 0 saturated heterocycles. The molecule has 0 aliphatic rings. The number of anilines is 3. The van der Waals surface area contributed by atoms with Crippen LogP contribution >= 0.6 is 65.9 Å². The van der Waals surface area contributed by atoms with E-state index in [4.69, 9.17) is 5.26 Å². The van der Waals surface area contributed by atoms with Crippen LogP contribution in [0.15, 0.2) is 122 Å². The van der Waals surface area contributed by atoms with E-state index in [9.17, 15) is 9.90 Å². The van der Waals surface area contributed by atoms with Crippen molar-refractivity contribution in [1.29, 1.82) is 5.26 Å². The third-order valence-corrected chi connectivity index (χ3v) is 11.1. The summed E-state index contributed by atoms with van der Waals surface area (Å²) in [4.78, 5) is 17.6. The van der Waals surface area contributed by atoms with Crippen LogP contribution in [0.2, 0.25) is 0 Å². The highest BCUT2D eigenvalue weighted by atomic mass is 79.9. The van der Waals surface area contributed by atoms with Crippen LogP contribution in [0, 0.1) is 11.3 Å². The molecule has 0 spiro atoms. The first-order valence-electron chi connectivity index (χ1n) is 12.9. The standard InChI is InChI=1S/C34H20Br2N2O2S3/c35-32-17-15-30(42-32)22-3-9-26(10-4-22)38(27-11-5-23(6-12-27)31-16-18-33(36)43-31)25-7-1-21(2-8-25)29-14-13-28(41-29)19-24(20-37)34(39)40/h1-19H,(H,39,40)/b24-19+. The first kappa shape index (κ1) is 29.3. The minimum Gasteiger partial charge on any atom is -0.477 e. The van der Waals surface area contributed by atoms with Gasteiger partial charge in [-0.25, -0.2) is 4.79 Å². The van der Waals surface area contributed by atoms with E-state index in [2.05, 4.69) is 134 Å². The fourth-order valence-electron chi connectivity index (χ4n) is 4.58. The second-order valence-electron chi connectivity index (χ2n) is 9.36. The Morgan fingerprint density at radius 2 is 1.02 bits per heavy atom. The molecule has 6 aromatic rings. The fourth-order valence-corrected chi connectivity index (χ4v) is 8.32. The number of benzene rings is 3. The van der Waals surface area contributed by atoms with E-state index < -0.39 is 5.97 Å². The van der Waals surface area contributed by atoms with Crippen LogP contribution in [0.1, 0.15) is 4.88 Å². The predicted molar refractivity (Wildman–Crippen MR) is 188 cm³/mol. The van der Waals surface area contributed by atoms with E-state index in [0.29, 0.717) is 0 Å². The molecule has 6 rings (SSSR count). The van der Waals surface area contributed by atoms with E-state index in [0.717, 1.165) is 40.0 Å². The number of carboxylic acid groups (broad SMARTS) is 1. The van der Waals surface area contributed by atoms with Crippen LogP contribution in [-0.4, -0.2) is 11.1 Å². The largest absolute Gasteiger partial charge is 0.477 e. The van der Waals surface area contributed by atoms with Gasteiger partial charge in [-0.1, -0.05) is 36.4 Å². The molecule has 1 N–H and O–H groups in total. The molecule has 3 aromatic carbocycles. The molecule has 0 aliphatic carbocycles. The Hall–Kier alpha value is -3.78. The summed E-state index contributed by atoms with van der Waals surface area (Å²) >= 11 is 12.0. The Balaban J connectivity index is 1.34. The number of hydrogen-bond acceptors (Lipinski definition) is 6. The predicted octanol–water partition coefficient (Wildman–Crippen LogP) is 11.9. The Kier molecular flexibility index (Phi) is 8.75. The maximum Gasteiger partial charge on any atom is 0.346 e. The van der Waals surface area contributed by atoms with Gasteiger partial charge in [0.2, 0.25) is 0 Å². The van der Waals surface area contributed by atoms with Crippen LogP contribution in [0.4, 0.5) is 17.1 Å². The molecule has 4 nitrogen and oxygen atoms in total. The summed E-state index contributed by atoms with van der Waals surface area (Å²) in [6.45, 7) is 0. The van der Waals surface area contributed by atoms with Crippen LogP contribution in [0.3, 0.4) is 0 Å². The van der Waals surface area contributed by atoms with Gasteiger partial charge in [-0.2, -0.15) is 5.26 Å². The summed E-state index contributed by atoms with van der Waals surface area (Å²) in [5.74, 6) is -1.23. The fraction of sp³-hybridized carbons (Fsp3) is 0.